The third kappa shape index (κ3) is 61.6. The van der Waals surface area contributed by atoms with E-state index in [4.69, 9.17) is 24.3 Å². The maximum atomic E-state index is 12.7. The molecule has 0 aliphatic carbocycles. The summed E-state index contributed by atoms with van der Waals surface area (Å²) in [5.74, 6) is -0.822. The Bertz CT molecular complexity index is 1280. The largest absolute Gasteiger partial charge is 0.472 e. The summed E-state index contributed by atoms with van der Waals surface area (Å²) < 4.78 is 33.0. The minimum Gasteiger partial charge on any atom is -0.462 e. The first-order chi connectivity index (χ1) is 36.8. The summed E-state index contributed by atoms with van der Waals surface area (Å²) in [6.45, 7) is 3.76. The molecule has 0 aromatic carbocycles. The topological polar surface area (TPSA) is 134 Å². The molecule has 2 atom stereocenters. The van der Waals surface area contributed by atoms with Crippen molar-refractivity contribution in [3.63, 3.8) is 0 Å². The minimum atomic E-state index is -4.38. The molecule has 0 heterocycles. The monoisotopic (exact) mass is 1080 g/mol. The van der Waals surface area contributed by atoms with Gasteiger partial charge in [0, 0.05) is 19.4 Å². The Morgan fingerprint density at radius 1 is 0.387 bits per heavy atom. The normalized spacial score (nSPS) is 13.1. The van der Waals surface area contributed by atoms with Gasteiger partial charge in [0.05, 0.1) is 13.2 Å². The number of allylic oxidation sites excluding steroid dienone is 4. The Labute approximate surface area is 465 Å². The second-order valence-electron chi connectivity index (χ2n) is 22.3. The number of hydrogen-bond acceptors (Lipinski definition) is 8. The Hall–Kier alpha value is -1.51. The number of rotatable bonds is 63. The molecule has 0 aromatic rings. The van der Waals surface area contributed by atoms with E-state index in [9.17, 15) is 19.0 Å². The van der Waals surface area contributed by atoms with Crippen LogP contribution in [0.15, 0.2) is 24.3 Å². The fourth-order valence-electron chi connectivity index (χ4n) is 9.92. The molecule has 9 nitrogen and oxygen atoms in total. The lowest BCUT2D eigenvalue weighted by molar-refractivity contribution is -0.161. The van der Waals surface area contributed by atoms with Crippen molar-refractivity contribution in [2.24, 2.45) is 5.73 Å². The fraction of sp³-hybridized carbons (Fsp3) is 0.908. The number of carbonyl (C=O) groups excluding carboxylic acids is 2. The van der Waals surface area contributed by atoms with Crippen LogP contribution in [0, 0.1) is 0 Å². The quantitative estimate of drug-likeness (QED) is 0.0264. The number of ether oxygens (including phenoxy) is 2. The number of phosphoric acid groups is 1. The molecule has 0 spiro atoms. The van der Waals surface area contributed by atoms with Gasteiger partial charge in [0.25, 0.3) is 0 Å². The van der Waals surface area contributed by atoms with Gasteiger partial charge in [-0.1, -0.05) is 295 Å². The molecule has 0 aliphatic rings. The molecule has 444 valence electrons. The third-order valence-electron chi connectivity index (χ3n) is 14.8. The lowest BCUT2D eigenvalue weighted by Gasteiger charge is -2.19. The summed E-state index contributed by atoms with van der Waals surface area (Å²) >= 11 is 0. The van der Waals surface area contributed by atoms with Gasteiger partial charge < -0.3 is 20.1 Å². The van der Waals surface area contributed by atoms with Crippen LogP contribution >= 0.6 is 7.82 Å². The molecule has 3 N–H and O–H groups in total. The van der Waals surface area contributed by atoms with Crippen LogP contribution in [-0.4, -0.2) is 49.3 Å². The van der Waals surface area contributed by atoms with Crippen molar-refractivity contribution >= 4 is 19.8 Å². The number of hydrogen-bond donors (Lipinski definition) is 2. The van der Waals surface area contributed by atoms with Crippen LogP contribution in [0.25, 0.3) is 0 Å². The van der Waals surface area contributed by atoms with Gasteiger partial charge in [-0.2, -0.15) is 0 Å². The number of carbonyl (C=O) groups is 2. The predicted octanol–water partition coefficient (Wildman–Crippen LogP) is 21.0. The molecule has 0 aliphatic heterocycles. The van der Waals surface area contributed by atoms with E-state index in [2.05, 4.69) is 38.2 Å². The number of esters is 2. The first-order valence-electron chi connectivity index (χ1n) is 32.8. The molecule has 0 saturated carbocycles. The zero-order chi connectivity index (χ0) is 54.5. The van der Waals surface area contributed by atoms with E-state index >= 15 is 0 Å². The molecular weight excluding hydrogens is 954 g/mol. The van der Waals surface area contributed by atoms with Crippen LogP contribution in [0.5, 0.6) is 0 Å². The summed E-state index contributed by atoms with van der Waals surface area (Å²) in [7, 11) is -4.38. The van der Waals surface area contributed by atoms with E-state index in [1.54, 1.807) is 0 Å². The average molecular weight is 1080 g/mol. The van der Waals surface area contributed by atoms with E-state index in [-0.39, 0.29) is 38.6 Å². The summed E-state index contributed by atoms with van der Waals surface area (Å²) in [5, 5.41) is 0. The second kappa shape index (κ2) is 61.7. The first kappa shape index (κ1) is 73.5. The van der Waals surface area contributed by atoms with Crippen molar-refractivity contribution in [2.45, 2.75) is 354 Å². The number of unbranched alkanes of at least 4 members (excludes halogenated alkanes) is 46. The molecule has 75 heavy (non-hydrogen) atoms. The number of nitrogens with two attached hydrogens (primary N) is 1. The van der Waals surface area contributed by atoms with Crippen LogP contribution in [0.2, 0.25) is 0 Å². The summed E-state index contributed by atoms with van der Waals surface area (Å²) in [6.07, 6.45) is 74.4. The molecule has 0 fully saturated rings. The number of phosphoric ester groups is 1. The van der Waals surface area contributed by atoms with Crippen LogP contribution in [0.3, 0.4) is 0 Å². The maximum Gasteiger partial charge on any atom is 0.472 e. The molecule has 0 bridgehead atoms. The Kier molecular flexibility index (Phi) is 60.5. The molecule has 0 radical (unpaired) electrons. The van der Waals surface area contributed by atoms with Gasteiger partial charge in [0.2, 0.25) is 0 Å². The van der Waals surface area contributed by atoms with Crippen LogP contribution in [-0.2, 0) is 32.7 Å². The van der Waals surface area contributed by atoms with Gasteiger partial charge in [-0.15, -0.1) is 0 Å². The highest BCUT2D eigenvalue weighted by molar-refractivity contribution is 7.47. The third-order valence-corrected chi connectivity index (χ3v) is 15.8. The van der Waals surface area contributed by atoms with E-state index in [0.717, 1.165) is 51.4 Å². The summed E-state index contributed by atoms with van der Waals surface area (Å²) in [4.78, 5) is 35.1. The van der Waals surface area contributed by atoms with E-state index in [1.165, 1.54) is 263 Å². The van der Waals surface area contributed by atoms with E-state index in [0.29, 0.717) is 6.42 Å². The SMILES string of the molecule is CCCCCC/C=C\CCCCCCCC(=O)OCC(COP(=O)(O)OCCN)OC(=O)CCCCCCCCCCCCCCCCCCCCCCCCCCCCCCC/C=C\CCCCCCCCCC. The highest BCUT2D eigenvalue weighted by atomic mass is 31.2. The maximum absolute atomic E-state index is 12.7. The van der Waals surface area contributed by atoms with Gasteiger partial charge >= 0.3 is 19.8 Å². The fourth-order valence-corrected chi connectivity index (χ4v) is 10.7. The lowest BCUT2D eigenvalue weighted by atomic mass is 10.0. The second-order valence-corrected chi connectivity index (χ2v) is 23.8. The molecule has 0 rings (SSSR count). The first-order valence-corrected chi connectivity index (χ1v) is 34.3. The van der Waals surface area contributed by atoms with Crippen LogP contribution in [0.1, 0.15) is 348 Å². The van der Waals surface area contributed by atoms with Crippen LogP contribution < -0.4 is 5.73 Å². The van der Waals surface area contributed by atoms with Gasteiger partial charge in [-0.25, -0.2) is 4.57 Å². The van der Waals surface area contributed by atoms with Crippen molar-refractivity contribution < 1.29 is 37.6 Å². The lowest BCUT2D eigenvalue weighted by Crippen LogP contribution is -2.29. The molecular formula is C65H126NO8P. The highest BCUT2D eigenvalue weighted by Crippen LogP contribution is 2.43. The molecule has 0 aromatic heterocycles. The van der Waals surface area contributed by atoms with Crippen LogP contribution in [0.4, 0.5) is 0 Å². The molecule has 2 unspecified atom stereocenters. The van der Waals surface area contributed by atoms with Crippen molar-refractivity contribution in [3.05, 3.63) is 24.3 Å². The van der Waals surface area contributed by atoms with Crippen molar-refractivity contribution in [1.29, 1.82) is 0 Å². The van der Waals surface area contributed by atoms with Crippen molar-refractivity contribution in [1.82, 2.24) is 0 Å². The Morgan fingerprint density at radius 3 is 0.960 bits per heavy atom. The Balaban J connectivity index is 3.68. The van der Waals surface area contributed by atoms with E-state index < -0.39 is 26.5 Å². The zero-order valence-corrected chi connectivity index (χ0v) is 50.7. The predicted molar refractivity (Wildman–Crippen MR) is 321 cm³/mol. The molecule has 0 amide bonds. The van der Waals surface area contributed by atoms with E-state index in [1.807, 2.05) is 0 Å². The van der Waals surface area contributed by atoms with Crippen molar-refractivity contribution in [3.8, 4) is 0 Å². The highest BCUT2D eigenvalue weighted by Gasteiger charge is 2.26. The van der Waals surface area contributed by atoms with Gasteiger partial charge in [-0.05, 0) is 64.2 Å². The van der Waals surface area contributed by atoms with Gasteiger partial charge in [-0.3, -0.25) is 18.6 Å². The Morgan fingerprint density at radius 2 is 0.653 bits per heavy atom. The van der Waals surface area contributed by atoms with Gasteiger partial charge in [0.1, 0.15) is 6.61 Å². The molecule has 0 saturated heterocycles. The smallest absolute Gasteiger partial charge is 0.462 e. The average Bonchev–Trinajstić information content (AvgIpc) is 3.40. The zero-order valence-electron chi connectivity index (χ0n) is 49.8. The van der Waals surface area contributed by atoms with Gasteiger partial charge in [0.15, 0.2) is 6.10 Å². The standard InChI is InChI=1S/C65H126NO8P/c1-3-5-7-9-11-13-15-17-18-19-20-21-22-23-24-25-26-27-28-29-30-31-32-33-34-35-36-37-38-39-40-41-42-43-44-46-48-50-52-54-56-58-65(68)74-63(62-73-75(69,70)72-60-59-66)61-71-64(67)57-55-53-51-49-47-45-16-14-12-10-8-6-4-2/h14,16,19-20,63H,3-13,15,17-18,21-62,66H2,1-2H3,(H,69,70)/b16-14-,20-19-. The minimum absolute atomic E-state index is 0.0550. The summed E-state index contributed by atoms with van der Waals surface area (Å²) in [6, 6.07) is 0. The summed E-state index contributed by atoms with van der Waals surface area (Å²) in [5.41, 5.74) is 5.38. The molecule has 10 heteroatoms. The van der Waals surface area contributed by atoms with Crippen molar-refractivity contribution in [2.75, 3.05) is 26.4 Å².